The number of methoxy groups -OCH3 is 1. The second kappa shape index (κ2) is 6.15. The van der Waals surface area contributed by atoms with E-state index >= 15 is 0 Å². The van der Waals surface area contributed by atoms with Crippen molar-refractivity contribution in [3.05, 3.63) is 29.3 Å². The number of benzene rings is 1. The summed E-state index contributed by atoms with van der Waals surface area (Å²) >= 11 is 0. The number of ether oxygens (including phenoxy) is 2. The van der Waals surface area contributed by atoms with Gasteiger partial charge in [0.1, 0.15) is 18.0 Å². The van der Waals surface area contributed by atoms with Crippen molar-refractivity contribution in [2.75, 3.05) is 7.11 Å². The Balaban J connectivity index is 2.29. The van der Waals surface area contributed by atoms with Gasteiger partial charge in [-0.2, -0.15) is 0 Å². The molecule has 2 N–H and O–H groups in total. The zero-order valence-corrected chi connectivity index (χ0v) is 13.2. The number of nitrogens with two attached hydrogens (primary N) is 1. The summed E-state index contributed by atoms with van der Waals surface area (Å²) in [6, 6.07) is 6.54. The Labute approximate surface area is 122 Å². The van der Waals surface area contributed by atoms with Gasteiger partial charge < -0.3 is 15.2 Å². The summed E-state index contributed by atoms with van der Waals surface area (Å²) < 4.78 is 11.7. The monoisotopic (exact) mass is 277 g/mol. The lowest BCUT2D eigenvalue weighted by Gasteiger charge is -2.42. The summed E-state index contributed by atoms with van der Waals surface area (Å²) in [5.41, 5.74) is 8.51. The topological polar surface area (TPSA) is 44.5 Å². The van der Waals surface area contributed by atoms with Gasteiger partial charge >= 0.3 is 0 Å². The van der Waals surface area contributed by atoms with Gasteiger partial charge in [-0.25, -0.2) is 0 Å². The third-order valence-electron chi connectivity index (χ3n) is 4.15. The lowest BCUT2D eigenvalue weighted by Crippen LogP contribution is -2.59. The van der Waals surface area contributed by atoms with Crippen molar-refractivity contribution in [1.29, 1.82) is 0 Å². The molecule has 1 fully saturated rings. The van der Waals surface area contributed by atoms with E-state index in [1.165, 1.54) is 11.1 Å². The molecule has 20 heavy (non-hydrogen) atoms. The highest BCUT2D eigenvalue weighted by atomic mass is 16.5. The summed E-state index contributed by atoms with van der Waals surface area (Å²) in [6.07, 6.45) is 0.949. The minimum atomic E-state index is 0.00947. The van der Waals surface area contributed by atoms with E-state index in [9.17, 15) is 0 Å². The fourth-order valence-corrected chi connectivity index (χ4v) is 2.83. The molecule has 0 aliphatic heterocycles. The first-order chi connectivity index (χ1) is 9.45. The second-order valence-corrected chi connectivity index (χ2v) is 6.33. The minimum absolute atomic E-state index is 0.00947. The van der Waals surface area contributed by atoms with Gasteiger partial charge in [0.05, 0.1) is 0 Å². The van der Waals surface area contributed by atoms with Gasteiger partial charge in [0.25, 0.3) is 0 Å². The van der Waals surface area contributed by atoms with Crippen LogP contribution < -0.4 is 10.5 Å². The van der Waals surface area contributed by atoms with Gasteiger partial charge in [-0.1, -0.05) is 45.9 Å². The maximum atomic E-state index is 6.30. The van der Waals surface area contributed by atoms with Crippen molar-refractivity contribution in [1.82, 2.24) is 0 Å². The van der Waals surface area contributed by atoms with Crippen LogP contribution >= 0.6 is 0 Å². The second-order valence-electron chi connectivity index (χ2n) is 6.33. The van der Waals surface area contributed by atoms with E-state index in [1.807, 2.05) is 0 Å². The average Bonchev–Trinajstić information content (AvgIpc) is 2.37. The summed E-state index contributed by atoms with van der Waals surface area (Å²) in [7, 11) is 1.71. The summed E-state index contributed by atoms with van der Waals surface area (Å²) in [6.45, 7) is 8.80. The molecule has 1 aromatic carbocycles. The Morgan fingerprint density at radius 2 is 1.65 bits per heavy atom. The van der Waals surface area contributed by atoms with Gasteiger partial charge in [0.15, 0.2) is 0 Å². The van der Waals surface area contributed by atoms with Crippen molar-refractivity contribution in [3.63, 3.8) is 0 Å². The smallest absolute Gasteiger partial charge is 0.128 e. The Bertz CT molecular complexity index is 430. The molecular weight excluding hydrogens is 250 g/mol. The third-order valence-corrected chi connectivity index (χ3v) is 4.15. The quantitative estimate of drug-likeness (QED) is 0.897. The van der Waals surface area contributed by atoms with Crippen molar-refractivity contribution in [2.45, 2.75) is 64.2 Å². The third kappa shape index (κ3) is 2.84. The van der Waals surface area contributed by atoms with Crippen molar-refractivity contribution in [3.8, 4) is 5.75 Å². The van der Waals surface area contributed by atoms with E-state index in [4.69, 9.17) is 15.2 Å². The van der Waals surface area contributed by atoms with Crippen molar-refractivity contribution >= 4 is 0 Å². The van der Waals surface area contributed by atoms with Crippen LogP contribution in [0.25, 0.3) is 0 Å². The van der Waals surface area contributed by atoms with Crippen LogP contribution in [0, 0.1) is 0 Å². The van der Waals surface area contributed by atoms with E-state index in [2.05, 4.69) is 45.9 Å². The molecule has 3 unspecified atom stereocenters. The van der Waals surface area contributed by atoms with E-state index < -0.39 is 0 Å². The fraction of sp³-hybridized carbons (Fsp3) is 0.647. The first kappa shape index (κ1) is 15.3. The highest BCUT2D eigenvalue weighted by Gasteiger charge is 2.41. The fourth-order valence-electron chi connectivity index (χ4n) is 2.83. The predicted octanol–water partition coefficient (Wildman–Crippen LogP) is 3.43. The highest BCUT2D eigenvalue weighted by Crippen LogP contribution is 2.37. The zero-order valence-electron chi connectivity index (χ0n) is 13.2. The zero-order chi connectivity index (χ0) is 14.9. The van der Waals surface area contributed by atoms with Crippen molar-refractivity contribution < 1.29 is 9.47 Å². The van der Waals surface area contributed by atoms with E-state index in [1.54, 1.807) is 7.11 Å². The Morgan fingerprint density at radius 1 is 1.10 bits per heavy atom. The number of para-hydroxylation sites is 1. The maximum Gasteiger partial charge on any atom is 0.128 e. The number of hydrogen-bond donors (Lipinski definition) is 1. The molecule has 0 bridgehead atoms. The van der Waals surface area contributed by atoms with Crippen molar-refractivity contribution in [2.24, 2.45) is 5.73 Å². The van der Waals surface area contributed by atoms with Gasteiger partial charge in [0, 0.05) is 19.6 Å². The van der Waals surface area contributed by atoms with Crippen LogP contribution in [0.3, 0.4) is 0 Å². The molecular formula is C17H27NO2. The molecule has 0 amide bonds. The molecule has 1 saturated carbocycles. The first-order valence-corrected chi connectivity index (χ1v) is 7.53. The van der Waals surface area contributed by atoms with Gasteiger partial charge in [0.2, 0.25) is 0 Å². The molecule has 3 nitrogen and oxygen atoms in total. The predicted molar refractivity (Wildman–Crippen MR) is 82.4 cm³/mol. The van der Waals surface area contributed by atoms with Crippen LogP contribution in [0.5, 0.6) is 5.75 Å². The summed E-state index contributed by atoms with van der Waals surface area (Å²) in [5.74, 6) is 1.92. The SMILES string of the molecule is COC1C(N)CC1Oc1c(C(C)C)cccc1C(C)C. The molecule has 3 atom stereocenters. The minimum Gasteiger partial charge on any atom is -0.487 e. The van der Waals surface area contributed by atoms with Gasteiger partial charge in [-0.15, -0.1) is 0 Å². The normalized spacial score (nSPS) is 25.9. The molecule has 0 radical (unpaired) electrons. The summed E-state index contributed by atoms with van der Waals surface area (Å²) in [5, 5.41) is 0. The first-order valence-electron chi connectivity index (χ1n) is 7.53. The lowest BCUT2D eigenvalue weighted by molar-refractivity contribution is -0.0789. The molecule has 1 aromatic rings. The average molecular weight is 277 g/mol. The Hall–Kier alpha value is -1.06. The van der Waals surface area contributed by atoms with Gasteiger partial charge in [-0.05, 0) is 23.0 Å². The molecule has 0 spiro atoms. The van der Waals surface area contributed by atoms with E-state index in [0.717, 1.165) is 12.2 Å². The Kier molecular flexibility index (Phi) is 4.71. The van der Waals surface area contributed by atoms with Crippen LogP contribution in [0.1, 0.15) is 57.1 Å². The van der Waals surface area contributed by atoms with Crippen LogP contribution in [0.4, 0.5) is 0 Å². The largest absolute Gasteiger partial charge is 0.487 e. The molecule has 3 heteroatoms. The molecule has 0 heterocycles. The van der Waals surface area contributed by atoms with Crippen LogP contribution in [-0.4, -0.2) is 25.4 Å². The molecule has 1 aliphatic rings. The molecule has 1 aliphatic carbocycles. The Morgan fingerprint density at radius 3 is 2.05 bits per heavy atom. The lowest BCUT2D eigenvalue weighted by atomic mass is 9.85. The molecule has 0 saturated heterocycles. The van der Waals surface area contributed by atoms with E-state index in [-0.39, 0.29) is 18.2 Å². The standard InChI is InChI=1S/C17H27NO2/c1-10(2)12-7-6-8-13(11(3)4)16(12)20-15-9-14(18)17(15)19-5/h6-8,10-11,14-15,17H,9,18H2,1-5H3. The van der Waals surface area contributed by atoms with Crippen LogP contribution in [0.15, 0.2) is 18.2 Å². The maximum absolute atomic E-state index is 6.30. The van der Waals surface area contributed by atoms with Gasteiger partial charge in [-0.3, -0.25) is 0 Å². The highest BCUT2D eigenvalue weighted by molar-refractivity contribution is 5.45. The van der Waals surface area contributed by atoms with E-state index in [0.29, 0.717) is 11.8 Å². The molecule has 112 valence electrons. The number of hydrogen-bond acceptors (Lipinski definition) is 3. The molecule has 2 rings (SSSR count). The van der Waals surface area contributed by atoms with Crippen LogP contribution in [-0.2, 0) is 4.74 Å². The van der Waals surface area contributed by atoms with Crippen LogP contribution in [0.2, 0.25) is 0 Å². The molecule has 0 aromatic heterocycles. The number of rotatable bonds is 5. The summed E-state index contributed by atoms with van der Waals surface area (Å²) in [4.78, 5) is 0.